The molecule has 1 saturated carbocycles. The standard InChI is InChI=1S/C18H22BrN3O3S/c1-24-8-16(23)21-11-3-5-15-13(7-11)18(9-26-17(20)22-18)12-6-10(19)2-4-14(12)25-15/h2,4,6,11,13,15H,3,5,7-9H2,1H3,(H2,20,22)(H,21,23)/t11?,13-,15-,18?/m0/s1. The Hall–Kier alpha value is -1.25. The van der Waals surface area contributed by atoms with E-state index in [0.717, 1.165) is 40.8 Å². The van der Waals surface area contributed by atoms with E-state index in [-0.39, 0.29) is 36.1 Å². The van der Waals surface area contributed by atoms with Gasteiger partial charge < -0.3 is 20.5 Å². The molecule has 0 bridgehead atoms. The molecule has 3 N–H and O–H groups in total. The van der Waals surface area contributed by atoms with Crippen LogP contribution >= 0.6 is 27.7 Å². The van der Waals surface area contributed by atoms with Gasteiger partial charge in [0.25, 0.3) is 0 Å². The highest BCUT2D eigenvalue weighted by molar-refractivity contribution is 9.10. The largest absolute Gasteiger partial charge is 0.490 e. The summed E-state index contributed by atoms with van der Waals surface area (Å²) in [7, 11) is 1.53. The number of nitrogens with zero attached hydrogens (tertiary/aromatic N) is 1. The van der Waals surface area contributed by atoms with E-state index in [0.29, 0.717) is 5.17 Å². The van der Waals surface area contributed by atoms with Gasteiger partial charge in [0.1, 0.15) is 24.0 Å². The molecule has 3 aliphatic rings. The molecule has 2 aliphatic heterocycles. The lowest BCUT2D eigenvalue weighted by atomic mass is 9.67. The van der Waals surface area contributed by atoms with E-state index in [9.17, 15) is 4.79 Å². The summed E-state index contributed by atoms with van der Waals surface area (Å²) >= 11 is 5.17. The molecular weight excluding hydrogens is 418 g/mol. The summed E-state index contributed by atoms with van der Waals surface area (Å²) < 4.78 is 12.3. The van der Waals surface area contributed by atoms with Gasteiger partial charge in [-0.2, -0.15) is 0 Å². The van der Waals surface area contributed by atoms with Crippen LogP contribution in [0.4, 0.5) is 0 Å². The molecule has 0 aromatic heterocycles. The molecule has 4 rings (SSSR count). The van der Waals surface area contributed by atoms with Gasteiger partial charge in [0.05, 0.1) is 0 Å². The monoisotopic (exact) mass is 439 g/mol. The number of methoxy groups -OCH3 is 1. The van der Waals surface area contributed by atoms with Crippen molar-refractivity contribution in [3.8, 4) is 5.75 Å². The molecule has 0 radical (unpaired) electrons. The van der Waals surface area contributed by atoms with Gasteiger partial charge in [-0.25, -0.2) is 4.99 Å². The van der Waals surface area contributed by atoms with Crippen LogP contribution in [-0.4, -0.2) is 42.7 Å². The maximum absolute atomic E-state index is 12.0. The number of amidine groups is 1. The Labute approximate surface area is 165 Å². The summed E-state index contributed by atoms with van der Waals surface area (Å²) in [6, 6.07) is 6.22. The number of nitrogens with one attached hydrogen (secondary N) is 1. The molecule has 2 unspecified atom stereocenters. The second-order valence-corrected chi connectivity index (χ2v) is 8.99. The number of ether oxygens (including phenoxy) is 2. The van der Waals surface area contributed by atoms with E-state index in [1.54, 1.807) is 11.8 Å². The van der Waals surface area contributed by atoms with Crippen LogP contribution in [0.1, 0.15) is 24.8 Å². The van der Waals surface area contributed by atoms with Gasteiger partial charge >= 0.3 is 0 Å². The van der Waals surface area contributed by atoms with Crippen LogP contribution in [0.5, 0.6) is 5.75 Å². The number of amides is 1. The minimum Gasteiger partial charge on any atom is -0.490 e. The first-order valence-electron chi connectivity index (χ1n) is 8.75. The lowest BCUT2D eigenvalue weighted by Gasteiger charge is -2.48. The van der Waals surface area contributed by atoms with Gasteiger partial charge in [0, 0.05) is 34.9 Å². The number of thioether (sulfide) groups is 1. The van der Waals surface area contributed by atoms with Crippen molar-refractivity contribution in [2.75, 3.05) is 19.5 Å². The van der Waals surface area contributed by atoms with Crippen LogP contribution in [0.2, 0.25) is 0 Å². The predicted molar refractivity (Wildman–Crippen MR) is 105 cm³/mol. The molecule has 0 saturated heterocycles. The van der Waals surface area contributed by atoms with Crippen LogP contribution in [0, 0.1) is 5.92 Å². The van der Waals surface area contributed by atoms with Crippen molar-refractivity contribution in [2.24, 2.45) is 16.6 Å². The molecule has 2 heterocycles. The van der Waals surface area contributed by atoms with E-state index >= 15 is 0 Å². The predicted octanol–water partition coefficient (Wildman–Crippen LogP) is 2.40. The number of benzene rings is 1. The van der Waals surface area contributed by atoms with Gasteiger partial charge in [-0.05, 0) is 37.5 Å². The third kappa shape index (κ3) is 3.12. The summed E-state index contributed by atoms with van der Waals surface area (Å²) in [4.78, 5) is 16.9. The van der Waals surface area contributed by atoms with Gasteiger partial charge in [-0.1, -0.05) is 27.7 Å². The molecule has 1 aromatic carbocycles. The second kappa shape index (κ2) is 7.05. The van der Waals surface area contributed by atoms with Gasteiger partial charge in [-0.15, -0.1) is 0 Å². The summed E-state index contributed by atoms with van der Waals surface area (Å²) in [5.41, 5.74) is 6.79. The zero-order valence-corrected chi connectivity index (χ0v) is 16.9. The lowest BCUT2D eigenvalue weighted by molar-refractivity contribution is -0.126. The van der Waals surface area contributed by atoms with Crippen LogP contribution < -0.4 is 15.8 Å². The Morgan fingerprint density at radius 3 is 3.12 bits per heavy atom. The number of hydrogen-bond donors (Lipinski definition) is 2. The van der Waals surface area contributed by atoms with E-state index in [1.165, 1.54) is 7.11 Å². The summed E-state index contributed by atoms with van der Waals surface area (Å²) in [5.74, 6) is 1.81. The molecule has 1 aromatic rings. The average molecular weight is 440 g/mol. The Balaban J connectivity index is 1.67. The van der Waals surface area contributed by atoms with Crippen LogP contribution in [0.25, 0.3) is 0 Å². The average Bonchev–Trinajstić information content (AvgIpc) is 2.99. The highest BCUT2D eigenvalue weighted by atomic mass is 79.9. The molecule has 1 fully saturated rings. The number of nitrogens with two attached hydrogens (primary N) is 1. The first kappa shape index (κ1) is 18.1. The first-order chi connectivity index (χ1) is 12.5. The summed E-state index contributed by atoms with van der Waals surface area (Å²) in [6.45, 7) is 0.0863. The molecule has 140 valence electrons. The number of hydrogen-bond acceptors (Lipinski definition) is 6. The quantitative estimate of drug-likeness (QED) is 0.754. The summed E-state index contributed by atoms with van der Waals surface area (Å²) in [6.07, 6.45) is 2.70. The third-order valence-electron chi connectivity index (χ3n) is 5.48. The summed E-state index contributed by atoms with van der Waals surface area (Å²) in [5, 5.41) is 3.72. The first-order valence-corrected chi connectivity index (χ1v) is 10.5. The van der Waals surface area contributed by atoms with Crippen molar-refractivity contribution < 1.29 is 14.3 Å². The molecular formula is C18H22BrN3O3S. The number of carbonyl (C=O) groups is 1. The van der Waals surface area contributed by atoms with Gasteiger partial charge in [0.2, 0.25) is 5.91 Å². The second-order valence-electron chi connectivity index (χ2n) is 7.08. The third-order valence-corrected chi connectivity index (χ3v) is 6.94. The maximum Gasteiger partial charge on any atom is 0.246 e. The topological polar surface area (TPSA) is 85.9 Å². The van der Waals surface area contributed by atoms with Crippen molar-refractivity contribution in [3.63, 3.8) is 0 Å². The zero-order valence-electron chi connectivity index (χ0n) is 14.5. The SMILES string of the molecule is COCC(=O)NC1CC[C@@H]2Oc3ccc(Br)cc3C3(CSC(N)=N3)[C@H]2C1. The minimum atomic E-state index is -0.387. The fraction of sp³-hybridized carbons (Fsp3) is 0.556. The number of halogens is 1. The van der Waals surface area contributed by atoms with Crippen molar-refractivity contribution in [3.05, 3.63) is 28.2 Å². The van der Waals surface area contributed by atoms with Crippen LogP contribution in [-0.2, 0) is 15.1 Å². The van der Waals surface area contributed by atoms with Crippen LogP contribution in [0.3, 0.4) is 0 Å². The number of fused-ring (bicyclic) bond motifs is 4. The maximum atomic E-state index is 12.0. The van der Waals surface area contributed by atoms with Gasteiger partial charge in [-0.3, -0.25) is 4.79 Å². The highest BCUT2D eigenvalue weighted by Crippen LogP contribution is 2.54. The Kier molecular flexibility index (Phi) is 4.92. The molecule has 1 amide bonds. The lowest BCUT2D eigenvalue weighted by Crippen LogP contribution is -2.54. The van der Waals surface area contributed by atoms with E-state index in [4.69, 9.17) is 20.2 Å². The number of aliphatic imine (C=N–C) groups is 1. The molecule has 26 heavy (non-hydrogen) atoms. The number of rotatable bonds is 3. The molecule has 1 spiro atoms. The van der Waals surface area contributed by atoms with E-state index in [2.05, 4.69) is 27.3 Å². The van der Waals surface area contributed by atoms with Crippen molar-refractivity contribution >= 4 is 38.8 Å². The van der Waals surface area contributed by atoms with E-state index < -0.39 is 0 Å². The smallest absolute Gasteiger partial charge is 0.246 e. The molecule has 6 nitrogen and oxygen atoms in total. The zero-order chi connectivity index (χ0) is 18.3. The molecule has 1 aliphatic carbocycles. The van der Waals surface area contributed by atoms with Crippen LogP contribution in [0.15, 0.2) is 27.7 Å². The fourth-order valence-electron chi connectivity index (χ4n) is 4.40. The van der Waals surface area contributed by atoms with Crippen molar-refractivity contribution in [1.29, 1.82) is 0 Å². The minimum absolute atomic E-state index is 0.0753. The Morgan fingerprint density at radius 2 is 2.38 bits per heavy atom. The fourth-order valence-corrected chi connectivity index (χ4v) is 5.79. The van der Waals surface area contributed by atoms with Crippen molar-refractivity contribution in [1.82, 2.24) is 5.32 Å². The number of carbonyl (C=O) groups excluding carboxylic acids is 1. The molecule has 8 heteroatoms. The highest BCUT2D eigenvalue weighted by Gasteiger charge is 2.54. The normalized spacial score (nSPS) is 32.4. The van der Waals surface area contributed by atoms with Gasteiger partial charge in [0.15, 0.2) is 5.17 Å². The Bertz CT molecular complexity index is 759. The Morgan fingerprint density at radius 1 is 1.54 bits per heavy atom. The molecule has 4 atom stereocenters. The van der Waals surface area contributed by atoms with E-state index in [1.807, 2.05) is 12.1 Å². The van der Waals surface area contributed by atoms with Crippen molar-refractivity contribution in [2.45, 2.75) is 36.9 Å².